The highest BCUT2D eigenvalue weighted by molar-refractivity contribution is 5.74. The number of nitrogens with one attached hydrogen (secondary N) is 2. The predicted molar refractivity (Wildman–Crippen MR) is 108 cm³/mol. The number of hydrogen-bond donors (Lipinski definition) is 2. The van der Waals surface area contributed by atoms with Crippen LogP contribution in [0.5, 0.6) is 5.75 Å². The van der Waals surface area contributed by atoms with Gasteiger partial charge in [0.05, 0.1) is 18.5 Å². The third-order valence-electron chi connectivity index (χ3n) is 5.19. The summed E-state index contributed by atoms with van der Waals surface area (Å²) in [6, 6.07) is 9.33. The number of aromatic nitrogens is 5. The minimum atomic E-state index is -0.120. The summed E-state index contributed by atoms with van der Waals surface area (Å²) in [6.07, 6.45) is 1.47. The van der Waals surface area contributed by atoms with Gasteiger partial charge in [-0.3, -0.25) is 15.0 Å². The molecule has 0 aliphatic heterocycles. The zero-order valence-electron chi connectivity index (χ0n) is 16.5. The number of para-hydroxylation sites is 1. The molecular weight excluding hydrogens is 354 g/mol. The van der Waals surface area contributed by atoms with Crippen molar-refractivity contribution in [3.05, 3.63) is 68.9 Å². The van der Waals surface area contributed by atoms with Gasteiger partial charge in [0.25, 0.3) is 5.56 Å². The zero-order valence-corrected chi connectivity index (χ0v) is 16.5. The normalized spacial score (nSPS) is 11.3. The Morgan fingerprint density at radius 1 is 1.14 bits per heavy atom. The van der Waals surface area contributed by atoms with Crippen LogP contribution < -0.4 is 10.3 Å². The van der Waals surface area contributed by atoms with Gasteiger partial charge in [-0.1, -0.05) is 12.1 Å². The lowest BCUT2D eigenvalue weighted by Gasteiger charge is -2.06. The van der Waals surface area contributed by atoms with Crippen LogP contribution in [-0.4, -0.2) is 31.9 Å². The van der Waals surface area contributed by atoms with Gasteiger partial charge in [0.2, 0.25) is 0 Å². The minimum absolute atomic E-state index is 0.120. The Kier molecular flexibility index (Phi) is 4.50. The summed E-state index contributed by atoms with van der Waals surface area (Å²) in [6.45, 7) is 5.96. The summed E-state index contributed by atoms with van der Waals surface area (Å²) >= 11 is 0. The maximum absolute atomic E-state index is 12.7. The Labute approximate surface area is 162 Å². The summed E-state index contributed by atoms with van der Waals surface area (Å²) in [7, 11) is 1.64. The monoisotopic (exact) mass is 377 g/mol. The number of rotatable bonds is 5. The molecule has 0 saturated carbocycles. The Balaban J connectivity index is 1.75. The molecule has 0 radical (unpaired) electrons. The molecule has 7 nitrogen and oxygen atoms in total. The molecule has 0 aliphatic rings. The second-order valence-corrected chi connectivity index (χ2v) is 6.97. The SMILES string of the molecule is COc1ccccc1-c1[nH]n2c(=O)cc(CCc3c(C)n[nH]c3C)nc2c1C. The van der Waals surface area contributed by atoms with Crippen molar-refractivity contribution in [1.82, 2.24) is 24.8 Å². The van der Waals surface area contributed by atoms with E-state index in [2.05, 4.69) is 15.3 Å². The second-order valence-electron chi connectivity index (χ2n) is 6.97. The molecular formula is C21H23N5O2. The summed E-state index contributed by atoms with van der Waals surface area (Å²) in [4.78, 5) is 17.4. The lowest BCUT2D eigenvalue weighted by Crippen LogP contribution is -2.16. The van der Waals surface area contributed by atoms with Crippen LogP contribution in [0.3, 0.4) is 0 Å². The van der Waals surface area contributed by atoms with Gasteiger partial charge in [-0.25, -0.2) is 9.50 Å². The van der Waals surface area contributed by atoms with Gasteiger partial charge in [-0.05, 0) is 51.3 Å². The van der Waals surface area contributed by atoms with E-state index in [0.29, 0.717) is 12.1 Å². The zero-order chi connectivity index (χ0) is 19.8. The molecule has 4 aromatic rings. The van der Waals surface area contributed by atoms with Gasteiger partial charge >= 0.3 is 0 Å². The van der Waals surface area contributed by atoms with Gasteiger partial charge in [0.1, 0.15) is 5.75 Å². The van der Waals surface area contributed by atoms with Gasteiger partial charge in [0.15, 0.2) is 5.65 Å². The first kappa shape index (κ1) is 18.0. The van der Waals surface area contributed by atoms with E-state index in [1.54, 1.807) is 13.2 Å². The lowest BCUT2D eigenvalue weighted by molar-refractivity contribution is 0.416. The molecule has 4 rings (SSSR count). The number of benzene rings is 1. The van der Waals surface area contributed by atoms with Gasteiger partial charge in [-0.15, -0.1) is 0 Å². The number of methoxy groups -OCH3 is 1. The largest absolute Gasteiger partial charge is 0.496 e. The standard InChI is InChI=1S/C21H23N5O2/c1-12-20(17-7-5-6-8-18(17)28-4)25-26-19(27)11-15(22-21(12)26)9-10-16-13(2)23-24-14(16)3/h5-8,11,25H,9-10H2,1-4H3,(H,23,24). The number of aromatic amines is 2. The van der Waals surface area contributed by atoms with Crippen LogP contribution in [-0.2, 0) is 12.8 Å². The van der Waals surface area contributed by atoms with Crippen LogP contribution in [0.15, 0.2) is 35.1 Å². The summed E-state index contributed by atoms with van der Waals surface area (Å²) in [5.41, 5.74) is 7.19. The van der Waals surface area contributed by atoms with Crippen LogP contribution in [0, 0.1) is 20.8 Å². The van der Waals surface area contributed by atoms with E-state index < -0.39 is 0 Å². The van der Waals surface area contributed by atoms with Crippen LogP contribution in [0.4, 0.5) is 0 Å². The van der Waals surface area contributed by atoms with Crippen LogP contribution in [0.2, 0.25) is 0 Å². The van der Waals surface area contributed by atoms with Crippen molar-refractivity contribution in [2.45, 2.75) is 33.6 Å². The number of nitrogens with zero attached hydrogens (tertiary/aromatic N) is 3. The summed E-state index contributed by atoms with van der Waals surface area (Å²) in [5.74, 6) is 0.747. The quantitative estimate of drug-likeness (QED) is 0.559. The maximum atomic E-state index is 12.7. The third kappa shape index (κ3) is 2.98. The number of ether oxygens (including phenoxy) is 1. The molecule has 0 spiro atoms. The molecule has 0 bridgehead atoms. The fourth-order valence-electron chi connectivity index (χ4n) is 3.63. The highest BCUT2D eigenvalue weighted by Crippen LogP contribution is 2.31. The van der Waals surface area contributed by atoms with E-state index in [1.165, 1.54) is 10.1 Å². The first-order chi connectivity index (χ1) is 13.5. The van der Waals surface area contributed by atoms with Gasteiger partial charge in [-0.2, -0.15) is 5.10 Å². The van der Waals surface area contributed by atoms with Crippen molar-refractivity contribution in [3.63, 3.8) is 0 Å². The fourth-order valence-corrected chi connectivity index (χ4v) is 3.63. The Hall–Kier alpha value is -3.35. The molecule has 0 saturated heterocycles. The smallest absolute Gasteiger partial charge is 0.272 e. The van der Waals surface area contributed by atoms with E-state index in [9.17, 15) is 4.79 Å². The summed E-state index contributed by atoms with van der Waals surface area (Å²) in [5, 5.41) is 10.4. The molecule has 0 atom stereocenters. The Bertz CT molecular complexity index is 1200. The van der Waals surface area contributed by atoms with Gasteiger partial charge < -0.3 is 4.74 Å². The first-order valence-corrected chi connectivity index (χ1v) is 9.24. The van der Waals surface area contributed by atoms with Crippen molar-refractivity contribution in [2.75, 3.05) is 7.11 Å². The van der Waals surface area contributed by atoms with E-state index in [-0.39, 0.29) is 5.56 Å². The molecule has 3 heterocycles. The molecule has 0 unspecified atom stereocenters. The molecule has 0 fully saturated rings. The number of H-pyrrole nitrogens is 2. The molecule has 144 valence electrons. The first-order valence-electron chi connectivity index (χ1n) is 9.24. The van der Waals surface area contributed by atoms with E-state index in [1.807, 2.05) is 45.0 Å². The van der Waals surface area contributed by atoms with Gasteiger partial charge in [0, 0.05) is 28.6 Å². The number of aryl methyl sites for hydroxylation is 4. The molecule has 0 amide bonds. The minimum Gasteiger partial charge on any atom is -0.496 e. The van der Waals surface area contributed by atoms with E-state index >= 15 is 0 Å². The molecule has 2 N–H and O–H groups in total. The summed E-state index contributed by atoms with van der Waals surface area (Å²) < 4.78 is 6.97. The third-order valence-corrected chi connectivity index (χ3v) is 5.19. The average Bonchev–Trinajstić information content (AvgIpc) is 3.20. The number of hydrogen-bond acceptors (Lipinski definition) is 4. The predicted octanol–water partition coefficient (Wildman–Crippen LogP) is 3.13. The fraction of sp³-hybridized carbons (Fsp3) is 0.286. The van der Waals surface area contributed by atoms with Crippen molar-refractivity contribution >= 4 is 5.65 Å². The Morgan fingerprint density at radius 2 is 1.93 bits per heavy atom. The lowest BCUT2D eigenvalue weighted by atomic mass is 10.1. The van der Waals surface area contributed by atoms with Crippen LogP contribution in [0.25, 0.3) is 16.9 Å². The van der Waals surface area contributed by atoms with Crippen molar-refractivity contribution in [2.24, 2.45) is 0 Å². The maximum Gasteiger partial charge on any atom is 0.272 e. The van der Waals surface area contributed by atoms with E-state index in [0.717, 1.165) is 46.1 Å². The van der Waals surface area contributed by atoms with Crippen LogP contribution in [0.1, 0.15) is 28.2 Å². The highest BCUT2D eigenvalue weighted by atomic mass is 16.5. The average molecular weight is 377 g/mol. The molecule has 3 aromatic heterocycles. The Morgan fingerprint density at radius 3 is 2.64 bits per heavy atom. The number of fused-ring (bicyclic) bond motifs is 1. The highest BCUT2D eigenvalue weighted by Gasteiger charge is 2.16. The molecule has 0 aliphatic carbocycles. The second kappa shape index (κ2) is 6.99. The van der Waals surface area contributed by atoms with Crippen molar-refractivity contribution in [1.29, 1.82) is 0 Å². The molecule has 1 aromatic carbocycles. The topological polar surface area (TPSA) is 88.1 Å². The molecule has 7 heteroatoms. The van der Waals surface area contributed by atoms with Crippen molar-refractivity contribution < 1.29 is 4.74 Å². The van der Waals surface area contributed by atoms with E-state index in [4.69, 9.17) is 9.72 Å². The van der Waals surface area contributed by atoms with Crippen molar-refractivity contribution in [3.8, 4) is 17.0 Å². The molecule has 28 heavy (non-hydrogen) atoms. The van der Waals surface area contributed by atoms with Crippen LogP contribution >= 0.6 is 0 Å².